The van der Waals surface area contributed by atoms with Gasteiger partial charge in [-0.05, 0) is 53.7 Å². The van der Waals surface area contributed by atoms with Crippen molar-refractivity contribution in [1.82, 2.24) is 19.8 Å². The predicted molar refractivity (Wildman–Crippen MR) is 127 cm³/mol. The van der Waals surface area contributed by atoms with E-state index in [-0.39, 0.29) is 5.91 Å². The number of benzene rings is 1. The third-order valence-electron chi connectivity index (χ3n) is 6.70. The normalized spacial score (nSPS) is 19.9. The highest BCUT2D eigenvalue weighted by Crippen LogP contribution is 2.40. The minimum Gasteiger partial charge on any atom is -0.378 e. The van der Waals surface area contributed by atoms with Crippen molar-refractivity contribution in [2.24, 2.45) is 0 Å². The van der Waals surface area contributed by atoms with Crippen LogP contribution in [0.25, 0.3) is 21.1 Å². The van der Waals surface area contributed by atoms with Gasteiger partial charge >= 0.3 is 0 Å². The van der Waals surface area contributed by atoms with Gasteiger partial charge in [0.1, 0.15) is 4.83 Å². The number of rotatable bonds is 4. The molecule has 2 saturated heterocycles. The van der Waals surface area contributed by atoms with Crippen LogP contribution >= 0.6 is 11.3 Å². The Morgan fingerprint density at radius 1 is 1.19 bits per heavy atom. The standard InChI is InChI=1S/C25H26N4O2S/c30-25(29-10-12-31-13-11-29)23-22(20-2-1-7-27-24(20)32-23)19-6-9-28(16-19)15-17-3-4-21-18(14-17)5-8-26-21/h1-5,7-8,14,19,26H,6,9-13,15-16H2/t19-/m0/s1. The van der Waals surface area contributed by atoms with Crippen molar-refractivity contribution in [2.45, 2.75) is 18.9 Å². The summed E-state index contributed by atoms with van der Waals surface area (Å²) in [4.78, 5) is 27.6. The van der Waals surface area contributed by atoms with Gasteiger partial charge in [0.2, 0.25) is 0 Å². The first-order valence-corrected chi connectivity index (χ1v) is 12.1. The number of likely N-dealkylation sites (tertiary alicyclic amines) is 1. The first kappa shape index (κ1) is 19.9. The summed E-state index contributed by atoms with van der Waals surface area (Å²) in [6.07, 6.45) is 4.88. The van der Waals surface area contributed by atoms with E-state index < -0.39 is 0 Å². The smallest absolute Gasteiger partial charge is 0.264 e. The van der Waals surface area contributed by atoms with Crippen molar-refractivity contribution in [1.29, 1.82) is 0 Å². The average molecular weight is 447 g/mol. The van der Waals surface area contributed by atoms with Crippen molar-refractivity contribution >= 4 is 38.4 Å². The number of fused-ring (bicyclic) bond motifs is 2. The SMILES string of the molecule is O=C(c1sc2ncccc2c1[C@H]1CCN(Cc2ccc3[nH]ccc3c2)C1)N1CCOCC1. The zero-order chi connectivity index (χ0) is 21.5. The maximum Gasteiger partial charge on any atom is 0.264 e. The molecule has 2 fully saturated rings. The van der Waals surface area contributed by atoms with Gasteiger partial charge in [0.15, 0.2) is 0 Å². The second kappa shape index (κ2) is 8.31. The molecule has 1 atom stereocenters. The molecule has 4 aromatic rings. The molecule has 0 aliphatic carbocycles. The van der Waals surface area contributed by atoms with Crippen LogP contribution in [0, 0.1) is 0 Å². The van der Waals surface area contributed by atoms with Crippen LogP contribution < -0.4 is 0 Å². The third-order valence-corrected chi connectivity index (χ3v) is 7.82. The van der Waals surface area contributed by atoms with E-state index in [9.17, 15) is 4.79 Å². The molecule has 2 aliphatic rings. The summed E-state index contributed by atoms with van der Waals surface area (Å²) >= 11 is 1.55. The number of hydrogen-bond donors (Lipinski definition) is 1. The zero-order valence-electron chi connectivity index (χ0n) is 17.9. The lowest BCUT2D eigenvalue weighted by molar-refractivity contribution is 0.0305. The highest BCUT2D eigenvalue weighted by atomic mass is 32.1. The first-order valence-electron chi connectivity index (χ1n) is 11.3. The lowest BCUT2D eigenvalue weighted by Crippen LogP contribution is -2.40. The Balaban J connectivity index is 1.27. The van der Waals surface area contributed by atoms with E-state index in [1.807, 2.05) is 23.4 Å². The number of nitrogens with zero attached hydrogens (tertiary/aromatic N) is 3. The zero-order valence-corrected chi connectivity index (χ0v) is 18.7. The van der Waals surface area contributed by atoms with E-state index in [1.165, 1.54) is 22.0 Å². The van der Waals surface area contributed by atoms with E-state index in [0.717, 1.165) is 41.1 Å². The van der Waals surface area contributed by atoms with E-state index in [1.54, 1.807) is 11.3 Å². The van der Waals surface area contributed by atoms with Gasteiger partial charge < -0.3 is 14.6 Å². The number of carbonyl (C=O) groups is 1. The Morgan fingerprint density at radius 3 is 3.00 bits per heavy atom. The molecule has 2 aliphatic heterocycles. The number of pyridine rings is 1. The highest BCUT2D eigenvalue weighted by molar-refractivity contribution is 7.20. The number of amides is 1. The fraction of sp³-hybridized carbons (Fsp3) is 0.360. The van der Waals surface area contributed by atoms with Crippen LogP contribution in [0.1, 0.15) is 33.1 Å². The lowest BCUT2D eigenvalue weighted by atomic mass is 9.95. The second-order valence-electron chi connectivity index (χ2n) is 8.73. The Kier molecular flexibility index (Phi) is 5.17. The van der Waals surface area contributed by atoms with Gasteiger partial charge in [0.25, 0.3) is 5.91 Å². The fourth-order valence-electron chi connectivity index (χ4n) is 5.10. The molecular formula is C25H26N4O2S. The molecule has 1 amide bonds. The topological polar surface area (TPSA) is 61.5 Å². The number of morpholine rings is 1. The van der Waals surface area contributed by atoms with Crippen molar-refractivity contribution in [3.63, 3.8) is 0 Å². The van der Waals surface area contributed by atoms with E-state index in [0.29, 0.717) is 32.2 Å². The molecule has 164 valence electrons. The summed E-state index contributed by atoms with van der Waals surface area (Å²) in [5.41, 5.74) is 3.72. The maximum atomic E-state index is 13.5. The molecule has 32 heavy (non-hydrogen) atoms. The summed E-state index contributed by atoms with van der Waals surface area (Å²) in [7, 11) is 0. The quantitative estimate of drug-likeness (QED) is 0.509. The van der Waals surface area contributed by atoms with Gasteiger partial charge in [-0.25, -0.2) is 4.98 Å². The molecule has 1 N–H and O–H groups in total. The first-order chi connectivity index (χ1) is 15.8. The Bertz CT molecular complexity index is 1270. The summed E-state index contributed by atoms with van der Waals surface area (Å²) in [5.74, 6) is 0.492. The van der Waals surface area contributed by atoms with Gasteiger partial charge in [-0.2, -0.15) is 0 Å². The van der Waals surface area contributed by atoms with E-state index in [2.05, 4.69) is 45.2 Å². The van der Waals surface area contributed by atoms with E-state index in [4.69, 9.17) is 4.74 Å². The number of thiophene rings is 1. The largest absolute Gasteiger partial charge is 0.378 e. The van der Waals surface area contributed by atoms with Gasteiger partial charge in [0, 0.05) is 55.4 Å². The fourth-order valence-corrected chi connectivity index (χ4v) is 6.29. The van der Waals surface area contributed by atoms with Crippen LogP contribution in [0.2, 0.25) is 0 Å². The summed E-state index contributed by atoms with van der Waals surface area (Å²) in [6.45, 7) is 5.51. The molecular weight excluding hydrogens is 420 g/mol. The van der Waals surface area contributed by atoms with Crippen LogP contribution in [-0.4, -0.2) is 65.1 Å². The molecule has 6 nitrogen and oxygen atoms in total. The molecule has 7 heteroatoms. The van der Waals surface area contributed by atoms with Gasteiger partial charge in [-0.1, -0.05) is 12.1 Å². The third kappa shape index (κ3) is 3.60. The molecule has 0 spiro atoms. The Hall–Kier alpha value is -2.74. The molecule has 6 rings (SSSR count). The molecule has 0 bridgehead atoms. The molecule has 0 radical (unpaired) electrons. The average Bonchev–Trinajstić information content (AvgIpc) is 3.57. The predicted octanol–water partition coefficient (Wildman–Crippen LogP) is 4.24. The lowest BCUT2D eigenvalue weighted by Gasteiger charge is -2.27. The molecule has 5 heterocycles. The van der Waals surface area contributed by atoms with Crippen molar-refractivity contribution in [2.75, 3.05) is 39.4 Å². The number of carbonyl (C=O) groups excluding carboxylic acids is 1. The van der Waals surface area contributed by atoms with Crippen molar-refractivity contribution in [3.05, 3.63) is 64.8 Å². The number of aromatic amines is 1. The minimum atomic E-state index is 0.141. The van der Waals surface area contributed by atoms with Crippen molar-refractivity contribution < 1.29 is 9.53 Å². The number of hydrogen-bond acceptors (Lipinski definition) is 5. The van der Waals surface area contributed by atoms with Gasteiger partial charge in [0.05, 0.1) is 18.1 Å². The highest BCUT2D eigenvalue weighted by Gasteiger charge is 2.32. The van der Waals surface area contributed by atoms with Crippen LogP contribution in [0.3, 0.4) is 0 Å². The van der Waals surface area contributed by atoms with E-state index >= 15 is 0 Å². The van der Waals surface area contributed by atoms with Gasteiger partial charge in [-0.15, -0.1) is 11.3 Å². The monoisotopic (exact) mass is 446 g/mol. The van der Waals surface area contributed by atoms with Crippen molar-refractivity contribution in [3.8, 4) is 0 Å². The second-order valence-corrected chi connectivity index (χ2v) is 9.72. The van der Waals surface area contributed by atoms with Crippen LogP contribution in [-0.2, 0) is 11.3 Å². The van der Waals surface area contributed by atoms with Crippen LogP contribution in [0.4, 0.5) is 0 Å². The summed E-state index contributed by atoms with van der Waals surface area (Å²) in [6, 6.07) is 12.9. The number of aromatic nitrogens is 2. The number of H-pyrrole nitrogens is 1. The maximum absolute atomic E-state index is 13.5. The van der Waals surface area contributed by atoms with Gasteiger partial charge in [-0.3, -0.25) is 9.69 Å². The number of nitrogens with one attached hydrogen (secondary N) is 1. The molecule has 0 saturated carbocycles. The molecule has 3 aromatic heterocycles. The Labute approximate surface area is 190 Å². The van der Waals surface area contributed by atoms with Crippen LogP contribution in [0.5, 0.6) is 0 Å². The Morgan fingerprint density at radius 2 is 2.09 bits per heavy atom. The molecule has 0 unspecified atom stereocenters. The summed E-state index contributed by atoms with van der Waals surface area (Å²) < 4.78 is 5.46. The molecule has 1 aromatic carbocycles. The number of ether oxygens (including phenoxy) is 1. The van der Waals surface area contributed by atoms with Crippen LogP contribution in [0.15, 0.2) is 48.8 Å². The summed E-state index contributed by atoms with van der Waals surface area (Å²) in [5, 5.41) is 2.40. The minimum absolute atomic E-state index is 0.141.